The summed E-state index contributed by atoms with van der Waals surface area (Å²) in [5.41, 5.74) is 2.66. The quantitative estimate of drug-likeness (QED) is 0.758. The van der Waals surface area contributed by atoms with Crippen molar-refractivity contribution < 1.29 is 18.0 Å². The third-order valence-corrected chi connectivity index (χ3v) is 6.59. The van der Waals surface area contributed by atoms with E-state index in [2.05, 4.69) is 10.6 Å². The van der Waals surface area contributed by atoms with Gasteiger partial charge in [-0.3, -0.25) is 13.9 Å². The molecule has 8 heteroatoms. The van der Waals surface area contributed by atoms with E-state index in [-0.39, 0.29) is 23.5 Å². The molecule has 2 aromatic rings. The van der Waals surface area contributed by atoms with E-state index in [0.29, 0.717) is 36.4 Å². The van der Waals surface area contributed by atoms with Crippen LogP contribution in [0.1, 0.15) is 36.2 Å². The van der Waals surface area contributed by atoms with Gasteiger partial charge >= 0.3 is 0 Å². The number of benzene rings is 2. The summed E-state index contributed by atoms with van der Waals surface area (Å²) in [5.74, 6) is -0.213. The second-order valence-corrected chi connectivity index (χ2v) is 9.32. The number of nitrogens with one attached hydrogen (secondary N) is 2. The summed E-state index contributed by atoms with van der Waals surface area (Å²) in [6.45, 7) is 4.48. The van der Waals surface area contributed by atoms with Crippen LogP contribution in [0.15, 0.2) is 48.5 Å². The lowest BCUT2D eigenvalue weighted by Gasteiger charge is -2.17. The summed E-state index contributed by atoms with van der Waals surface area (Å²) in [5, 5.41) is 5.66. The van der Waals surface area contributed by atoms with Gasteiger partial charge in [0.1, 0.15) is 0 Å². The first-order chi connectivity index (χ1) is 13.8. The lowest BCUT2D eigenvalue weighted by atomic mass is 10.1. The molecule has 1 heterocycles. The Morgan fingerprint density at radius 2 is 1.69 bits per heavy atom. The van der Waals surface area contributed by atoms with Crippen LogP contribution in [0.4, 0.5) is 11.4 Å². The molecule has 0 spiro atoms. The van der Waals surface area contributed by atoms with Crippen LogP contribution in [0.5, 0.6) is 0 Å². The summed E-state index contributed by atoms with van der Waals surface area (Å²) < 4.78 is 25.3. The first-order valence-corrected chi connectivity index (χ1v) is 11.2. The highest BCUT2D eigenvalue weighted by Crippen LogP contribution is 2.24. The van der Waals surface area contributed by atoms with E-state index >= 15 is 0 Å². The number of hydrogen-bond donors (Lipinski definition) is 2. The Kier molecular flexibility index (Phi) is 6.22. The summed E-state index contributed by atoms with van der Waals surface area (Å²) in [4.78, 5) is 24.1. The molecular formula is C21H25N3O4S. The van der Waals surface area contributed by atoms with E-state index < -0.39 is 10.0 Å². The molecule has 0 radical (unpaired) electrons. The van der Waals surface area contributed by atoms with Gasteiger partial charge in [0.05, 0.1) is 11.4 Å². The molecule has 1 fully saturated rings. The molecule has 0 unspecified atom stereocenters. The van der Waals surface area contributed by atoms with Crippen molar-refractivity contribution in [2.75, 3.05) is 21.9 Å². The minimum Gasteiger partial charge on any atom is -0.348 e. The van der Waals surface area contributed by atoms with E-state index in [9.17, 15) is 18.0 Å². The van der Waals surface area contributed by atoms with Crippen LogP contribution >= 0.6 is 0 Å². The number of nitrogens with zero attached hydrogens (tertiary/aromatic N) is 1. The Bertz CT molecular complexity index is 984. The Hall–Kier alpha value is -2.87. The SMILES string of the molecule is CC(C)C(=O)Nc1ccc(CNC(=O)c2ccc(N3CCCS3(=O)=O)cc2)cc1. The fourth-order valence-corrected chi connectivity index (χ4v) is 4.55. The van der Waals surface area contributed by atoms with Gasteiger partial charge in [0.2, 0.25) is 15.9 Å². The second kappa shape index (κ2) is 8.65. The van der Waals surface area contributed by atoms with Gasteiger partial charge in [-0.25, -0.2) is 8.42 Å². The van der Waals surface area contributed by atoms with Crippen molar-refractivity contribution in [3.05, 3.63) is 59.7 Å². The zero-order valence-corrected chi connectivity index (χ0v) is 17.3. The Morgan fingerprint density at radius 1 is 1.03 bits per heavy atom. The minimum atomic E-state index is -3.23. The summed E-state index contributed by atoms with van der Waals surface area (Å²) >= 11 is 0. The standard InChI is InChI=1S/C21H25N3O4S/c1-15(2)20(25)23-18-8-4-16(5-9-18)14-22-21(26)17-6-10-19(11-7-17)24-12-3-13-29(24,27)28/h4-11,15H,3,12-14H2,1-2H3,(H,22,26)(H,23,25). The number of carbonyl (C=O) groups excluding carboxylic acids is 2. The van der Waals surface area contributed by atoms with Crippen molar-refractivity contribution in [2.45, 2.75) is 26.8 Å². The Labute approximate surface area is 171 Å². The summed E-state index contributed by atoms with van der Waals surface area (Å²) in [6.07, 6.45) is 0.616. The number of amides is 2. The van der Waals surface area contributed by atoms with Crippen molar-refractivity contribution in [3.8, 4) is 0 Å². The first kappa shape index (κ1) is 20.9. The predicted molar refractivity (Wildman–Crippen MR) is 113 cm³/mol. The Balaban J connectivity index is 1.56. The highest BCUT2D eigenvalue weighted by molar-refractivity contribution is 7.93. The normalized spacial score (nSPS) is 15.3. The molecule has 3 rings (SSSR count). The monoisotopic (exact) mass is 415 g/mol. The van der Waals surface area contributed by atoms with E-state index in [1.807, 2.05) is 26.0 Å². The lowest BCUT2D eigenvalue weighted by Crippen LogP contribution is -2.25. The lowest BCUT2D eigenvalue weighted by molar-refractivity contribution is -0.118. The smallest absolute Gasteiger partial charge is 0.251 e. The van der Waals surface area contributed by atoms with Crippen LogP contribution in [-0.4, -0.2) is 32.5 Å². The van der Waals surface area contributed by atoms with Crippen molar-refractivity contribution in [2.24, 2.45) is 5.92 Å². The largest absolute Gasteiger partial charge is 0.348 e. The summed E-state index contributed by atoms with van der Waals surface area (Å²) in [6, 6.07) is 13.9. The van der Waals surface area contributed by atoms with Gasteiger partial charge in [-0.05, 0) is 48.4 Å². The zero-order valence-electron chi connectivity index (χ0n) is 16.5. The van der Waals surface area contributed by atoms with Crippen molar-refractivity contribution in [1.82, 2.24) is 5.32 Å². The topological polar surface area (TPSA) is 95.6 Å². The third-order valence-electron chi connectivity index (χ3n) is 4.72. The first-order valence-electron chi connectivity index (χ1n) is 9.55. The maximum Gasteiger partial charge on any atom is 0.251 e. The second-order valence-electron chi connectivity index (χ2n) is 7.31. The fourth-order valence-electron chi connectivity index (χ4n) is 2.99. The van der Waals surface area contributed by atoms with Crippen molar-refractivity contribution in [3.63, 3.8) is 0 Å². The molecule has 0 bridgehead atoms. The highest BCUT2D eigenvalue weighted by Gasteiger charge is 2.28. The number of sulfonamides is 1. The molecule has 1 saturated heterocycles. The third kappa shape index (κ3) is 5.14. The molecule has 2 amide bonds. The zero-order chi connectivity index (χ0) is 21.0. The van der Waals surface area contributed by atoms with E-state index in [1.165, 1.54) is 4.31 Å². The molecular weight excluding hydrogens is 390 g/mol. The van der Waals surface area contributed by atoms with Crippen LogP contribution in [-0.2, 0) is 21.4 Å². The summed E-state index contributed by atoms with van der Waals surface area (Å²) in [7, 11) is -3.23. The van der Waals surface area contributed by atoms with E-state index in [0.717, 1.165) is 5.56 Å². The average Bonchev–Trinajstić information content (AvgIpc) is 3.06. The number of anilines is 2. The molecule has 0 aliphatic carbocycles. The molecule has 154 valence electrons. The van der Waals surface area contributed by atoms with Gasteiger partial charge in [0, 0.05) is 30.3 Å². The molecule has 1 aliphatic rings. The number of carbonyl (C=O) groups is 2. The maximum atomic E-state index is 12.4. The van der Waals surface area contributed by atoms with Crippen LogP contribution in [0.2, 0.25) is 0 Å². The molecule has 29 heavy (non-hydrogen) atoms. The predicted octanol–water partition coefficient (Wildman–Crippen LogP) is 2.75. The van der Waals surface area contributed by atoms with Crippen LogP contribution in [0.25, 0.3) is 0 Å². The molecule has 7 nitrogen and oxygen atoms in total. The number of rotatable bonds is 6. The molecule has 0 saturated carbocycles. The van der Waals surface area contributed by atoms with Crippen LogP contribution in [0.3, 0.4) is 0 Å². The van der Waals surface area contributed by atoms with Crippen LogP contribution in [0, 0.1) is 5.92 Å². The van der Waals surface area contributed by atoms with Gasteiger partial charge in [-0.15, -0.1) is 0 Å². The average molecular weight is 416 g/mol. The van der Waals surface area contributed by atoms with Gasteiger partial charge < -0.3 is 10.6 Å². The van der Waals surface area contributed by atoms with Gasteiger partial charge in [-0.2, -0.15) is 0 Å². The van der Waals surface area contributed by atoms with E-state index in [4.69, 9.17) is 0 Å². The maximum absolute atomic E-state index is 12.4. The van der Waals surface area contributed by atoms with Gasteiger partial charge in [0.25, 0.3) is 5.91 Å². The van der Waals surface area contributed by atoms with Crippen LogP contribution < -0.4 is 14.9 Å². The molecule has 1 aliphatic heterocycles. The molecule has 2 aromatic carbocycles. The molecule has 0 atom stereocenters. The number of hydrogen-bond acceptors (Lipinski definition) is 4. The van der Waals surface area contributed by atoms with Crippen molar-refractivity contribution >= 4 is 33.2 Å². The van der Waals surface area contributed by atoms with Crippen molar-refractivity contribution in [1.29, 1.82) is 0 Å². The van der Waals surface area contributed by atoms with Gasteiger partial charge in [0.15, 0.2) is 0 Å². The van der Waals surface area contributed by atoms with E-state index in [1.54, 1.807) is 36.4 Å². The minimum absolute atomic E-state index is 0.0452. The Morgan fingerprint density at radius 3 is 2.24 bits per heavy atom. The molecule has 0 aromatic heterocycles. The highest BCUT2D eigenvalue weighted by atomic mass is 32.2. The van der Waals surface area contributed by atoms with Gasteiger partial charge in [-0.1, -0.05) is 26.0 Å². The molecule has 2 N–H and O–H groups in total. The fraction of sp³-hybridized carbons (Fsp3) is 0.333.